The van der Waals surface area contributed by atoms with Gasteiger partial charge < -0.3 is 11.1 Å². The molecule has 2 rings (SSSR count). The van der Waals surface area contributed by atoms with E-state index in [1.165, 1.54) is 5.56 Å². The highest BCUT2D eigenvalue weighted by Crippen LogP contribution is 2.24. The normalized spacial score (nSPS) is 10.7. The van der Waals surface area contributed by atoms with E-state index in [2.05, 4.69) is 22.3 Å². The Kier molecular flexibility index (Phi) is 5.81. The highest BCUT2D eigenvalue weighted by molar-refractivity contribution is 6.33. The Morgan fingerprint density at radius 1 is 1.23 bits per heavy atom. The van der Waals surface area contributed by atoms with E-state index < -0.39 is 0 Å². The van der Waals surface area contributed by atoms with Crippen molar-refractivity contribution in [3.05, 3.63) is 59.1 Å². The second-order valence-electron chi connectivity index (χ2n) is 5.08. The van der Waals surface area contributed by atoms with Gasteiger partial charge in [0.2, 0.25) is 5.91 Å². The quantitative estimate of drug-likeness (QED) is 0.803. The van der Waals surface area contributed by atoms with Gasteiger partial charge in [0.25, 0.3) is 0 Å². The van der Waals surface area contributed by atoms with Gasteiger partial charge in [-0.1, -0.05) is 48.9 Å². The molecule has 3 N–H and O–H groups in total. The Labute approximate surface area is 135 Å². The lowest BCUT2D eigenvalue weighted by molar-refractivity contribution is -0.117. The Balaban J connectivity index is 1.96. The molecule has 5 heteroatoms. The Bertz CT molecular complexity index is 631. The van der Waals surface area contributed by atoms with Crippen molar-refractivity contribution in [2.75, 3.05) is 24.1 Å². The fourth-order valence-electron chi connectivity index (χ4n) is 2.15. The van der Waals surface area contributed by atoms with E-state index in [0.717, 1.165) is 13.1 Å². The molecule has 0 atom stereocenters. The lowest BCUT2D eigenvalue weighted by atomic mass is 10.2. The van der Waals surface area contributed by atoms with Crippen LogP contribution >= 0.6 is 11.6 Å². The van der Waals surface area contributed by atoms with E-state index in [0.29, 0.717) is 22.9 Å². The maximum absolute atomic E-state index is 12.2. The van der Waals surface area contributed by atoms with Gasteiger partial charge >= 0.3 is 0 Å². The zero-order valence-corrected chi connectivity index (χ0v) is 13.3. The summed E-state index contributed by atoms with van der Waals surface area (Å²) >= 11 is 6.06. The van der Waals surface area contributed by atoms with Crippen molar-refractivity contribution in [3.8, 4) is 0 Å². The number of nitrogens with two attached hydrogens (primary N) is 1. The molecule has 0 saturated carbocycles. The zero-order valence-electron chi connectivity index (χ0n) is 12.6. The van der Waals surface area contributed by atoms with Gasteiger partial charge in [0.05, 0.1) is 17.3 Å². The van der Waals surface area contributed by atoms with Crippen LogP contribution in [0.4, 0.5) is 11.4 Å². The highest BCUT2D eigenvalue weighted by Gasteiger charge is 2.11. The number of halogens is 1. The van der Waals surface area contributed by atoms with E-state index in [4.69, 9.17) is 17.3 Å². The summed E-state index contributed by atoms with van der Waals surface area (Å²) in [5.41, 5.74) is 8.00. The van der Waals surface area contributed by atoms with Crippen molar-refractivity contribution in [2.24, 2.45) is 0 Å². The Morgan fingerprint density at radius 2 is 1.95 bits per heavy atom. The maximum Gasteiger partial charge on any atom is 0.238 e. The smallest absolute Gasteiger partial charge is 0.238 e. The van der Waals surface area contributed by atoms with E-state index in [9.17, 15) is 4.79 Å². The third-order valence-electron chi connectivity index (χ3n) is 3.33. The van der Waals surface area contributed by atoms with E-state index in [1.807, 2.05) is 25.1 Å². The number of nitrogens with zero attached hydrogens (tertiary/aromatic N) is 1. The molecular weight excluding hydrogens is 298 g/mol. The molecule has 0 aliphatic carbocycles. The van der Waals surface area contributed by atoms with E-state index in [1.54, 1.807) is 18.2 Å². The van der Waals surface area contributed by atoms with Gasteiger partial charge in [0, 0.05) is 12.2 Å². The van der Waals surface area contributed by atoms with E-state index >= 15 is 0 Å². The molecule has 0 heterocycles. The summed E-state index contributed by atoms with van der Waals surface area (Å²) in [6.07, 6.45) is 0. The molecule has 0 aromatic heterocycles. The van der Waals surface area contributed by atoms with Gasteiger partial charge in [-0.15, -0.1) is 0 Å². The molecule has 0 aliphatic heterocycles. The van der Waals surface area contributed by atoms with Crippen LogP contribution in [-0.2, 0) is 11.3 Å². The summed E-state index contributed by atoms with van der Waals surface area (Å²) < 4.78 is 0. The monoisotopic (exact) mass is 317 g/mol. The van der Waals surface area contributed by atoms with Crippen LogP contribution in [-0.4, -0.2) is 23.9 Å². The van der Waals surface area contributed by atoms with E-state index in [-0.39, 0.29) is 5.91 Å². The molecule has 2 aromatic rings. The number of anilines is 2. The van der Waals surface area contributed by atoms with Crippen molar-refractivity contribution in [2.45, 2.75) is 13.5 Å². The standard InChI is InChI=1S/C17H20ClN3O/c1-2-21(11-13-6-4-3-5-7-13)12-17(22)20-16-10-14(19)8-9-15(16)18/h3-10H,2,11-12,19H2,1H3,(H,20,22). The number of nitrogen functional groups attached to an aromatic ring is 1. The second-order valence-corrected chi connectivity index (χ2v) is 5.48. The molecule has 22 heavy (non-hydrogen) atoms. The van der Waals surface area contributed by atoms with Crippen LogP contribution in [0.2, 0.25) is 5.02 Å². The summed E-state index contributed by atoms with van der Waals surface area (Å²) in [6, 6.07) is 15.1. The average molecular weight is 318 g/mol. The first kappa shape index (κ1) is 16.3. The fraction of sp³-hybridized carbons (Fsp3) is 0.235. The Morgan fingerprint density at radius 3 is 2.64 bits per heavy atom. The summed E-state index contributed by atoms with van der Waals surface area (Å²) in [5, 5.41) is 3.29. The minimum Gasteiger partial charge on any atom is -0.399 e. The number of hydrogen-bond acceptors (Lipinski definition) is 3. The zero-order chi connectivity index (χ0) is 15.9. The number of rotatable bonds is 6. The van der Waals surface area contributed by atoms with Crippen LogP contribution in [0.25, 0.3) is 0 Å². The number of carbonyl (C=O) groups is 1. The van der Waals surface area contributed by atoms with Crippen LogP contribution in [0.5, 0.6) is 0 Å². The molecule has 0 radical (unpaired) electrons. The van der Waals surface area contributed by atoms with Crippen molar-refractivity contribution < 1.29 is 4.79 Å². The van der Waals surface area contributed by atoms with Crippen LogP contribution in [0, 0.1) is 0 Å². The second kappa shape index (κ2) is 7.82. The van der Waals surface area contributed by atoms with Crippen LogP contribution in [0.1, 0.15) is 12.5 Å². The first-order valence-electron chi connectivity index (χ1n) is 7.19. The maximum atomic E-state index is 12.2. The van der Waals surface area contributed by atoms with Crippen LogP contribution in [0.15, 0.2) is 48.5 Å². The number of carbonyl (C=O) groups excluding carboxylic acids is 1. The molecule has 0 unspecified atom stereocenters. The average Bonchev–Trinajstić information content (AvgIpc) is 2.51. The van der Waals surface area contributed by atoms with Crippen molar-refractivity contribution in [3.63, 3.8) is 0 Å². The summed E-state index contributed by atoms with van der Waals surface area (Å²) in [4.78, 5) is 14.2. The number of benzene rings is 2. The van der Waals surface area contributed by atoms with Crippen molar-refractivity contribution in [1.82, 2.24) is 4.90 Å². The molecule has 0 saturated heterocycles. The molecule has 4 nitrogen and oxygen atoms in total. The largest absolute Gasteiger partial charge is 0.399 e. The minimum atomic E-state index is -0.106. The molecule has 0 aliphatic rings. The Hall–Kier alpha value is -2.04. The summed E-state index contributed by atoms with van der Waals surface area (Å²) in [7, 11) is 0. The molecule has 2 aromatic carbocycles. The SMILES string of the molecule is CCN(CC(=O)Nc1cc(N)ccc1Cl)Cc1ccccc1. The summed E-state index contributed by atoms with van der Waals surface area (Å²) in [5.74, 6) is -0.106. The summed E-state index contributed by atoms with van der Waals surface area (Å²) in [6.45, 7) is 3.85. The predicted molar refractivity (Wildman–Crippen MR) is 91.9 cm³/mol. The number of likely N-dealkylation sites (N-methyl/N-ethyl adjacent to an activating group) is 1. The van der Waals surface area contributed by atoms with Gasteiger partial charge in [0.15, 0.2) is 0 Å². The number of nitrogens with one attached hydrogen (secondary N) is 1. The molecule has 116 valence electrons. The lowest BCUT2D eigenvalue weighted by Gasteiger charge is -2.20. The highest BCUT2D eigenvalue weighted by atomic mass is 35.5. The van der Waals surface area contributed by atoms with Gasteiger partial charge in [-0.2, -0.15) is 0 Å². The molecule has 0 bridgehead atoms. The predicted octanol–water partition coefficient (Wildman–Crippen LogP) is 3.38. The van der Waals surface area contributed by atoms with Crippen LogP contribution in [0.3, 0.4) is 0 Å². The fourth-order valence-corrected chi connectivity index (χ4v) is 2.32. The molecular formula is C17H20ClN3O. The molecule has 1 amide bonds. The molecule has 0 spiro atoms. The third kappa shape index (κ3) is 4.76. The first-order valence-corrected chi connectivity index (χ1v) is 7.57. The first-order chi connectivity index (χ1) is 10.6. The minimum absolute atomic E-state index is 0.106. The number of amides is 1. The van der Waals surface area contributed by atoms with Gasteiger partial charge in [-0.05, 0) is 30.3 Å². The topological polar surface area (TPSA) is 58.4 Å². The third-order valence-corrected chi connectivity index (χ3v) is 3.66. The van der Waals surface area contributed by atoms with Crippen molar-refractivity contribution in [1.29, 1.82) is 0 Å². The molecule has 0 fully saturated rings. The van der Waals surface area contributed by atoms with Gasteiger partial charge in [0.1, 0.15) is 0 Å². The van der Waals surface area contributed by atoms with Crippen LogP contribution < -0.4 is 11.1 Å². The van der Waals surface area contributed by atoms with Crippen molar-refractivity contribution >= 4 is 28.9 Å². The number of hydrogen-bond donors (Lipinski definition) is 2. The lowest BCUT2D eigenvalue weighted by Crippen LogP contribution is -2.32. The van der Waals surface area contributed by atoms with Gasteiger partial charge in [-0.25, -0.2) is 0 Å². The van der Waals surface area contributed by atoms with Gasteiger partial charge in [-0.3, -0.25) is 9.69 Å².